The van der Waals surface area contributed by atoms with E-state index in [1.165, 1.54) is 31.2 Å². The molecule has 0 spiro atoms. The van der Waals surface area contributed by atoms with Crippen LogP contribution >= 0.6 is 0 Å². The molecule has 2 rings (SSSR count). The summed E-state index contributed by atoms with van der Waals surface area (Å²) in [6.45, 7) is 1.46. The molecule has 2 N–H and O–H groups in total. The van der Waals surface area contributed by atoms with E-state index in [9.17, 15) is 24.8 Å². The topological polar surface area (TPSA) is 128 Å². The summed E-state index contributed by atoms with van der Waals surface area (Å²) in [5.74, 6) is -3.48. The van der Waals surface area contributed by atoms with Gasteiger partial charge in [0.25, 0.3) is 17.5 Å². The second-order valence-electron chi connectivity index (χ2n) is 5.16. The highest BCUT2D eigenvalue weighted by atomic mass is 16.6. The standard InChI is InChI=1S/C16H16N2O7/c1-8-11(15(20)24-2)12(13(14(19)17-8)16(21)25-3)9-6-4-5-7-10(9)18(22)23/h4-7,12,21H,1-3H3,(H,17,19). The van der Waals surface area contributed by atoms with E-state index in [2.05, 4.69) is 5.32 Å². The first-order valence-electron chi connectivity index (χ1n) is 7.14. The van der Waals surface area contributed by atoms with Crippen LogP contribution < -0.4 is 5.32 Å². The van der Waals surface area contributed by atoms with Crippen molar-refractivity contribution in [2.24, 2.45) is 0 Å². The van der Waals surface area contributed by atoms with Crippen LogP contribution in [0.3, 0.4) is 0 Å². The van der Waals surface area contributed by atoms with Crippen molar-refractivity contribution in [1.82, 2.24) is 5.32 Å². The third kappa shape index (κ3) is 3.16. The van der Waals surface area contributed by atoms with E-state index in [0.717, 1.165) is 14.2 Å². The number of carbonyl (C=O) groups excluding carboxylic acids is 2. The van der Waals surface area contributed by atoms with Crippen molar-refractivity contribution in [3.05, 3.63) is 62.7 Å². The van der Waals surface area contributed by atoms with Crippen LogP contribution in [0.1, 0.15) is 18.4 Å². The SMILES string of the molecule is COC(=O)C1=C(C)NC(=O)C(=C(O)OC)C1c1ccccc1[N+](=O)[O-]. The number of nitro groups is 1. The third-order valence-corrected chi connectivity index (χ3v) is 3.80. The van der Waals surface area contributed by atoms with Crippen molar-refractivity contribution in [2.45, 2.75) is 12.8 Å². The molecule has 0 aromatic heterocycles. The van der Waals surface area contributed by atoms with Crippen LogP contribution in [0, 0.1) is 10.1 Å². The van der Waals surface area contributed by atoms with Crippen LogP contribution in [-0.2, 0) is 19.1 Å². The molecule has 9 nitrogen and oxygen atoms in total. The van der Waals surface area contributed by atoms with Crippen molar-refractivity contribution in [2.75, 3.05) is 14.2 Å². The number of carbonyl (C=O) groups is 2. The Morgan fingerprint density at radius 1 is 1.28 bits per heavy atom. The summed E-state index contributed by atoms with van der Waals surface area (Å²) >= 11 is 0. The molecule has 0 saturated carbocycles. The zero-order valence-electron chi connectivity index (χ0n) is 13.7. The lowest BCUT2D eigenvalue weighted by atomic mass is 9.80. The van der Waals surface area contributed by atoms with Crippen molar-refractivity contribution < 1.29 is 29.1 Å². The monoisotopic (exact) mass is 348 g/mol. The molecule has 132 valence electrons. The molecule has 0 aliphatic carbocycles. The molecular formula is C16H16N2O7. The molecule has 1 aromatic rings. The van der Waals surface area contributed by atoms with Gasteiger partial charge >= 0.3 is 5.97 Å². The summed E-state index contributed by atoms with van der Waals surface area (Å²) < 4.78 is 9.49. The Balaban J connectivity index is 2.86. The van der Waals surface area contributed by atoms with Gasteiger partial charge in [-0.1, -0.05) is 18.2 Å². The van der Waals surface area contributed by atoms with Gasteiger partial charge in [-0.05, 0) is 6.92 Å². The number of hydrogen-bond acceptors (Lipinski definition) is 7. The van der Waals surface area contributed by atoms with E-state index >= 15 is 0 Å². The minimum atomic E-state index is -1.22. The normalized spacial score (nSPS) is 19.2. The summed E-state index contributed by atoms with van der Waals surface area (Å²) in [5, 5.41) is 23.8. The summed E-state index contributed by atoms with van der Waals surface area (Å²) in [4.78, 5) is 35.4. The Morgan fingerprint density at radius 3 is 2.48 bits per heavy atom. The maximum absolute atomic E-state index is 12.4. The number of aliphatic hydroxyl groups is 1. The number of hydrogen-bond donors (Lipinski definition) is 2. The number of nitrogens with one attached hydrogen (secondary N) is 1. The molecule has 0 bridgehead atoms. The second-order valence-corrected chi connectivity index (χ2v) is 5.16. The Morgan fingerprint density at radius 2 is 1.92 bits per heavy atom. The smallest absolute Gasteiger partial charge is 0.336 e. The Hall–Kier alpha value is -3.36. The molecule has 1 unspecified atom stereocenters. The fourth-order valence-corrected chi connectivity index (χ4v) is 2.72. The summed E-state index contributed by atoms with van der Waals surface area (Å²) in [5.41, 5.74) is -0.427. The van der Waals surface area contributed by atoms with Gasteiger partial charge in [-0.15, -0.1) is 0 Å². The first-order valence-corrected chi connectivity index (χ1v) is 7.14. The number of nitro benzene ring substituents is 1. The molecule has 1 atom stereocenters. The molecule has 0 fully saturated rings. The van der Waals surface area contributed by atoms with Gasteiger partial charge in [0, 0.05) is 17.3 Å². The van der Waals surface area contributed by atoms with Gasteiger partial charge < -0.3 is 19.9 Å². The highest BCUT2D eigenvalue weighted by Crippen LogP contribution is 2.41. The molecule has 25 heavy (non-hydrogen) atoms. The number of para-hydroxylation sites is 1. The maximum atomic E-state index is 12.4. The number of aliphatic hydroxyl groups excluding tert-OH is 1. The number of ether oxygens (including phenoxy) is 2. The average molecular weight is 348 g/mol. The number of allylic oxidation sites excluding steroid dienone is 1. The van der Waals surface area contributed by atoms with Crippen LogP contribution in [0.5, 0.6) is 0 Å². The van der Waals surface area contributed by atoms with Crippen LogP contribution in [-0.4, -0.2) is 36.1 Å². The molecule has 0 radical (unpaired) electrons. The van der Waals surface area contributed by atoms with Crippen LogP contribution in [0.4, 0.5) is 5.69 Å². The number of amides is 1. The minimum absolute atomic E-state index is 0.0324. The number of esters is 1. The fourth-order valence-electron chi connectivity index (χ4n) is 2.72. The van der Waals surface area contributed by atoms with Crippen LogP contribution in [0.2, 0.25) is 0 Å². The van der Waals surface area contributed by atoms with E-state index in [1.807, 2.05) is 0 Å². The minimum Gasteiger partial charge on any atom is -0.481 e. The third-order valence-electron chi connectivity index (χ3n) is 3.80. The number of methoxy groups -OCH3 is 2. The Bertz CT molecular complexity index is 810. The lowest BCUT2D eigenvalue weighted by molar-refractivity contribution is -0.385. The van der Waals surface area contributed by atoms with E-state index in [-0.39, 0.29) is 28.1 Å². The van der Waals surface area contributed by atoms with Crippen molar-refractivity contribution >= 4 is 17.6 Å². The molecule has 1 heterocycles. The molecule has 1 aliphatic rings. The lowest BCUT2D eigenvalue weighted by Gasteiger charge is -2.28. The maximum Gasteiger partial charge on any atom is 0.336 e. The van der Waals surface area contributed by atoms with E-state index in [4.69, 9.17) is 9.47 Å². The van der Waals surface area contributed by atoms with Crippen LogP contribution in [0.25, 0.3) is 0 Å². The molecule has 1 aromatic carbocycles. The molecule has 0 saturated heterocycles. The molecule has 9 heteroatoms. The first kappa shape index (κ1) is 18.0. The molecule has 1 aliphatic heterocycles. The van der Waals surface area contributed by atoms with Gasteiger partial charge in [0.2, 0.25) is 0 Å². The van der Waals surface area contributed by atoms with Crippen LogP contribution in [0.15, 0.2) is 47.1 Å². The van der Waals surface area contributed by atoms with Crippen molar-refractivity contribution in [3.8, 4) is 0 Å². The van der Waals surface area contributed by atoms with Gasteiger partial charge in [0.15, 0.2) is 0 Å². The lowest BCUT2D eigenvalue weighted by Crippen LogP contribution is -2.37. The molecular weight excluding hydrogens is 332 g/mol. The highest BCUT2D eigenvalue weighted by molar-refractivity contribution is 6.05. The Kier molecular flexibility index (Phi) is 5.06. The average Bonchev–Trinajstić information content (AvgIpc) is 2.59. The second kappa shape index (κ2) is 7.04. The number of rotatable bonds is 4. The van der Waals surface area contributed by atoms with E-state index in [0.29, 0.717) is 0 Å². The van der Waals surface area contributed by atoms with Gasteiger partial charge in [0.1, 0.15) is 5.57 Å². The summed E-state index contributed by atoms with van der Waals surface area (Å²) in [7, 11) is 2.28. The molecule has 1 amide bonds. The summed E-state index contributed by atoms with van der Waals surface area (Å²) in [6, 6.07) is 5.63. The highest BCUT2D eigenvalue weighted by Gasteiger charge is 2.42. The van der Waals surface area contributed by atoms with Crippen molar-refractivity contribution in [3.63, 3.8) is 0 Å². The van der Waals surface area contributed by atoms with Gasteiger partial charge in [-0.3, -0.25) is 14.9 Å². The summed E-state index contributed by atoms with van der Waals surface area (Å²) in [6.07, 6.45) is 0. The predicted molar refractivity (Wildman–Crippen MR) is 85.4 cm³/mol. The number of nitrogens with zero attached hydrogens (tertiary/aromatic N) is 1. The van der Waals surface area contributed by atoms with Gasteiger partial charge in [0.05, 0.1) is 30.6 Å². The van der Waals surface area contributed by atoms with E-state index in [1.54, 1.807) is 0 Å². The number of benzene rings is 1. The van der Waals surface area contributed by atoms with Gasteiger partial charge in [-0.25, -0.2) is 4.79 Å². The zero-order valence-corrected chi connectivity index (χ0v) is 13.7. The van der Waals surface area contributed by atoms with Gasteiger partial charge in [-0.2, -0.15) is 0 Å². The fraction of sp³-hybridized carbons (Fsp3) is 0.250. The van der Waals surface area contributed by atoms with Crippen molar-refractivity contribution in [1.29, 1.82) is 0 Å². The Labute approximate surface area is 142 Å². The largest absolute Gasteiger partial charge is 0.481 e. The predicted octanol–water partition coefficient (Wildman–Crippen LogP) is 1.67. The zero-order chi connectivity index (χ0) is 18.7. The first-order chi connectivity index (χ1) is 11.8. The van der Waals surface area contributed by atoms with E-state index < -0.39 is 28.7 Å². The quantitative estimate of drug-likeness (QED) is 0.278.